The molecule has 2 aromatic rings. The van der Waals surface area contributed by atoms with Gasteiger partial charge in [0.25, 0.3) is 0 Å². The first-order chi connectivity index (χ1) is 20.1. The molecule has 0 bridgehead atoms. The van der Waals surface area contributed by atoms with Gasteiger partial charge in [0.2, 0.25) is 23.0 Å². The molecule has 3 unspecified atom stereocenters. The largest absolute Gasteiger partial charge is 0.493 e. The Balaban J connectivity index is 2.19. The molecule has 2 amide bonds. The van der Waals surface area contributed by atoms with Gasteiger partial charge in [0.15, 0.2) is 11.5 Å². The summed E-state index contributed by atoms with van der Waals surface area (Å²) in [4.78, 5) is 50.9. The predicted octanol–water partition coefficient (Wildman–Crippen LogP) is 3.07. The molecule has 3 atom stereocenters. The number of rotatable bonds is 12. The second-order valence-corrected chi connectivity index (χ2v) is 10.8. The minimum atomic E-state index is -0.856. The number of aryl methyl sites for hydroxylation is 1. The summed E-state index contributed by atoms with van der Waals surface area (Å²) in [7, 11) is 5.85. The number of benzene rings is 1. The normalized spacial score (nSPS) is 15.1. The summed E-state index contributed by atoms with van der Waals surface area (Å²) in [5.74, 6) is 0.748. The van der Waals surface area contributed by atoms with Gasteiger partial charge in [-0.25, -0.2) is 4.79 Å². The molecule has 1 aliphatic rings. The van der Waals surface area contributed by atoms with E-state index in [0.29, 0.717) is 53.4 Å². The smallest absolute Gasteiger partial charge is 0.328 e. The van der Waals surface area contributed by atoms with Crippen molar-refractivity contribution in [3.05, 3.63) is 45.6 Å². The third-order valence-electron chi connectivity index (χ3n) is 7.09. The summed E-state index contributed by atoms with van der Waals surface area (Å²) in [5, 5.41) is 8.73. The molecule has 0 saturated heterocycles. The zero-order chi connectivity index (χ0) is 31.0. The number of amides is 2. The number of carbonyl (C=O) groups excluding carboxylic acids is 3. The van der Waals surface area contributed by atoms with E-state index in [4.69, 9.17) is 18.9 Å². The van der Waals surface area contributed by atoms with Gasteiger partial charge >= 0.3 is 5.97 Å². The van der Waals surface area contributed by atoms with Crippen molar-refractivity contribution in [1.29, 1.82) is 0 Å². The molecule has 0 heterocycles. The number of nitrogens with one attached hydrogen (secondary N) is 3. The zero-order valence-corrected chi connectivity index (χ0v) is 25.9. The molecule has 0 fully saturated rings. The van der Waals surface area contributed by atoms with E-state index in [0.717, 1.165) is 11.1 Å². The van der Waals surface area contributed by atoms with Crippen molar-refractivity contribution in [2.45, 2.75) is 51.2 Å². The molecule has 11 nitrogen and oxygen atoms in total. The van der Waals surface area contributed by atoms with Crippen molar-refractivity contribution in [3.8, 4) is 28.4 Å². The molecule has 42 heavy (non-hydrogen) atoms. The van der Waals surface area contributed by atoms with Crippen LogP contribution in [0.15, 0.2) is 29.1 Å². The second kappa shape index (κ2) is 14.8. The van der Waals surface area contributed by atoms with Gasteiger partial charge in [-0.15, -0.1) is 0 Å². The summed E-state index contributed by atoms with van der Waals surface area (Å²) in [6.07, 6.45) is 3.42. The average Bonchev–Trinajstić information content (AvgIpc) is 3.21. The Labute approximate surface area is 250 Å². The SMILES string of the molecule is COC(=O)C(C)NC(=O)C(CCSC)Nc1ccc2c(cc1=O)C(NC(C)=O)CCc1cc(OC)c(OC)c(OC)c1-2. The number of anilines is 1. The Kier molecular flexibility index (Phi) is 11.5. The van der Waals surface area contributed by atoms with Crippen molar-refractivity contribution in [2.24, 2.45) is 0 Å². The van der Waals surface area contributed by atoms with Crippen LogP contribution in [0.4, 0.5) is 5.69 Å². The number of carbonyl (C=O) groups is 3. The first-order valence-corrected chi connectivity index (χ1v) is 14.9. The molecule has 228 valence electrons. The maximum Gasteiger partial charge on any atom is 0.328 e. The summed E-state index contributed by atoms with van der Waals surface area (Å²) in [6.45, 7) is 2.97. The third kappa shape index (κ3) is 7.28. The third-order valence-corrected chi connectivity index (χ3v) is 7.73. The molecule has 12 heteroatoms. The van der Waals surface area contributed by atoms with Crippen LogP contribution in [-0.2, 0) is 25.5 Å². The maximum atomic E-state index is 13.7. The lowest BCUT2D eigenvalue weighted by Crippen LogP contribution is -2.47. The van der Waals surface area contributed by atoms with E-state index in [9.17, 15) is 19.2 Å². The van der Waals surface area contributed by atoms with Gasteiger partial charge in [-0.3, -0.25) is 14.4 Å². The molecule has 0 aromatic heterocycles. The minimum Gasteiger partial charge on any atom is -0.493 e. The number of esters is 1. The number of hydrogen-bond donors (Lipinski definition) is 3. The lowest BCUT2D eigenvalue weighted by Gasteiger charge is -2.20. The highest BCUT2D eigenvalue weighted by molar-refractivity contribution is 7.98. The van der Waals surface area contributed by atoms with E-state index >= 15 is 0 Å². The molecular formula is C30H39N3O8S. The van der Waals surface area contributed by atoms with Gasteiger partial charge in [-0.1, -0.05) is 6.07 Å². The van der Waals surface area contributed by atoms with Crippen LogP contribution in [0.1, 0.15) is 43.9 Å². The highest BCUT2D eigenvalue weighted by Gasteiger charge is 2.30. The average molecular weight is 602 g/mol. The van der Waals surface area contributed by atoms with E-state index in [-0.39, 0.29) is 17.0 Å². The molecule has 1 aliphatic carbocycles. The molecule has 3 N–H and O–H groups in total. The van der Waals surface area contributed by atoms with Crippen LogP contribution in [0, 0.1) is 0 Å². The van der Waals surface area contributed by atoms with Crippen molar-refractivity contribution in [2.75, 3.05) is 45.8 Å². The molecule has 0 radical (unpaired) electrons. The highest BCUT2D eigenvalue weighted by Crippen LogP contribution is 2.50. The quantitative estimate of drug-likeness (QED) is 0.311. The Morgan fingerprint density at radius 2 is 1.76 bits per heavy atom. The lowest BCUT2D eigenvalue weighted by atomic mass is 9.95. The van der Waals surface area contributed by atoms with Crippen molar-refractivity contribution in [1.82, 2.24) is 10.6 Å². The van der Waals surface area contributed by atoms with Crippen LogP contribution in [0.5, 0.6) is 17.2 Å². The standard InChI is InChI=1S/C30H39N3O8S/c1-16(30(37)41-6)31-29(36)23(12-13-42-7)33-22-11-9-19-20(15-24(22)35)21(32-17(2)34)10-8-18-14-25(38-3)27(39-4)28(40-5)26(18)19/h9,11,14-16,21,23H,8,10,12-13H2,1-7H3,(H,31,36)(H,32,34)(H,33,35). The summed E-state index contributed by atoms with van der Waals surface area (Å²) < 4.78 is 21.8. The van der Waals surface area contributed by atoms with E-state index in [1.54, 1.807) is 31.0 Å². The minimum absolute atomic E-state index is 0.192. The first-order valence-electron chi connectivity index (χ1n) is 13.5. The molecular weight excluding hydrogens is 562 g/mol. The zero-order valence-electron chi connectivity index (χ0n) is 25.0. The number of hydrogen-bond acceptors (Lipinski definition) is 10. The van der Waals surface area contributed by atoms with Crippen LogP contribution >= 0.6 is 11.8 Å². The van der Waals surface area contributed by atoms with Crippen LogP contribution in [0.2, 0.25) is 0 Å². The molecule has 3 rings (SSSR count). The van der Waals surface area contributed by atoms with Crippen molar-refractivity contribution >= 4 is 35.2 Å². The summed E-state index contributed by atoms with van der Waals surface area (Å²) in [5.41, 5.74) is 2.74. The van der Waals surface area contributed by atoms with E-state index in [2.05, 4.69) is 16.0 Å². The first kappa shape index (κ1) is 32.6. The second-order valence-electron chi connectivity index (χ2n) is 9.83. The van der Waals surface area contributed by atoms with Crippen molar-refractivity contribution < 1.29 is 33.3 Å². The van der Waals surface area contributed by atoms with Crippen LogP contribution < -0.4 is 35.6 Å². The van der Waals surface area contributed by atoms with Gasteiger partial charge in [0.1, 0.15) is 12.1 Å². The van der Waals surface area contributed by atoms with E-state index < -0.39 is 30.0 Å². The van der Waals surface area contributed by atoms with Gasteiger partial charge < -0.3 is 34.9 Å². The van der Waals surface area contributed by atoms with Crippen LogP contribution in [-0.4, -0.2) is 70.3 Å². The summed E-state index contributed by atoms with van der Waals surface area (Å²) in [6, 6.07) is 4.67. The van der Waals surface area contributed by atoms with Crippen molar-refractivity contribution in [3.63, 3.8) is 0 Å². The number of fused-ring (bicyclic) bond motifs is 3. The maximum absolute atomic E-state index is 13.7. The van der Waals surface area contributed by atoms with Crippen LogP contribution in [0.25, 0.3) is 11.1 Å². The van der Waals surface area contributed by atoms with Gasteiger partial charge in [-0.2, -0.15) is 11.8 Å². The van der Waals surface area contributed by atoms with E-state index in [1.807, 2.05) is 12.3 Å². The highest BCUT2D eigenvalue weighted by atomic mass is 32.2. The number of methoxy groups -OCH3 is 4. The fourth-order valence-corrected chi connectivity index (χ4v) is 5.54. The number of thioether (sulfide) groups is 1. The Bertz CT molecular complexity index is 1380. The molecule has 2 aromatic carbocycles. The summed E-state index contributed by atoms with van der Waals surface area (Å²) >= 11 is 1.56. The Hall–Kier alpha value is -3.93. The molecule has 0 saturated carbocycles. The fraction of sp³-hybridized carbons (Fsp3) is 0.467. The van der Waals surface area contributed by atoms with Crippen LogP contribution in [0.3, 0.4) is 0 Å². The topological polar surface area (TPSA) is 141 Å². The van der Waals surface area contributed by atoms with Gasteiger partial charge in [0.05, 0.1) is 40.2 Å². The lowest BCUT2D eigenvalue weighted by molar-refractivity contribution is -0.144. The van der Waals surface area contributed by atoms with E-state index in [1.165, 1.54) is 41.2 Å². The molecule has 0 aliphatic heterocycles. The van der Waals surface area contributed by atoms with Gasteiger partial charge in [0, 0.05) is 12.5 Å². The van der Waals surface area contributed by atoms with Gasteiger partial charge in [-0.05, 0) is 73.1 Å². The Morgan fingerprint density at radius 3 is 2.36 bits per heavy atom. The fourth-order valence-electron chi connectivity index (χ4n) is 5.07. The monoisotopic (exact) mass is 601 g/mol. The predicted molar refractivity (Wildman–Crippen MR) is 163 cm³/mol. The molecule has 0 spiro atoms. The Morgan fingerprint density at radius 1 is 1.05 bits per heavy atom. The number of ether oxygens (including phenoxy) is 4.